The van der Waals surface area contributed by atoms with Crippen LogP contribution in [0.3, 0.4) is 0 Å². The van der Waals surface area contributed by atoms with Crippen molar-refractivity contribution in [2.45, 2.75) is 52.9 Å². The monoisotopic (exact) mass is 306 g/mol. The Morgan fingerprint density at radius 2 is 1.73 bits per heavy atom. The molecule has 1 saturated heterocycles. The molecular weight excluding hydrogens is 282 g/mol. The van der Waals surface area contributed by atoms with Crippen molar-refractivity contribution in [3.8, 4) is 0 Å². The topological polar surface area (TPSA) is 77.5 Å². The summed E-state index contributed by atoms with van der Waals surface area (Å²) in [5.41, 5.74) is -1.32. The number of hydrogen-bond acceptors (Lipinski definition) is 4. The summed E-state index contributed by atoms with van der Waals surface area (Å²) in [7, 11) is 0. The van der Waals surface area contributed by atoms with E-state index in [-0.39, 0.29) is 17.1 Å². The van der Waals surface area contributed by atoms with Crippen LogP contribution in [-0.4, -0.2) is 35.6 Å². The number of ketones is 1. The number of piperidine rings is 1. The van der Waals surface area contributed by atoms with Gasteiger partial charge in [0.15, 0.2) is 0 Å². The molecule has 0 N–H and O–H groups in total. The first-order valence-electron chi connectivity index (χ1n) is 8.19. The molecule has 3 aliphatic rings. The smallest absolute Gasteiger partial charge is 0.229 e. The molecule has 0 aromatic carbocycles. The molecule has 0 aromatic heterocycles. The lowest BCUT2D eigenvalue weighted by Gasteiger charge is -2.43. The van der Waals surface area contributed by atoms with Gasteiger partial charge in [0, 0.05) is 36.8 Å². The summed E-state index contributed by atoms with van der Waals surface area (Å²) in [6.07, 6.45) is 2.79. The van der Waals surface area contributed by atoms with Crippen molar-refractivity contribution in [1.82, 2.24) is 4.90 Å². The minimum atomic E-state index is -1.02. The van der Waals surface area contributed by atoms with Gasteiger partial charge in [-0.1, -0.05) is 20.8 Å². The summed E-state index contributed by atoms with van der Waals surface area (Å²) in [6.45, 7) is 7.02. The molecule has 1 amide bonds. The summed E-state index contributed by atoms with van der Waals surface area (Å²) in [6, 6.07) is 0. The van der Waals surface area contributed by atoms with E-state index in [0.29, 0.717) is 32.4 Å². The third kappa shape index (κ3) is 1.68. The summed E-state index contributed by atoms with van der Waals surface area (Å²) in [5, 5.41) is 10.9. The van der Waals surface area contributed by atoms with Crippen LogP contribution in [-0.2, 0) is 14.4 Å². The third-order valence-electron chi connectivity index (χ3n) is 7.23. The Hall–Kier alpha value is -1.39. The summed E-state index contributed by atoms with van der Waals surface area (Å²) < 4.78 is 0. The van der Waals surface area contributed by atoms with E-state index in [4.69, 9.17) is 0 Å². The van der Waals surface area contributed by atoms with Gasteiger partial charge in [-0.2, -0.15) is 0 Å². The van der Waals surface area contributed by atoms with Gasteiger partial charge in [-0.05, 0) is 31.1 Å². The molecule has 5 nitrogen and oxygen atoms in total. The zero-order valence-corrected chi connectivity index (χ0v) is 13.6. The molecule has 122 valence electrons. The zero-order chi connectivity index (χ0) is 16.3. The predicted octanol–water partition coefficient (Wildman–Crippen LogP) is 0.760. The molecule has 1 aliphatic heterocycles. The second kappa shape index (κ2) is 4.56. The number of carboxylic acids is 1. The fourth-order valence-electron chi connectivity index (χ4n) is 4.95. The minimum Gasteiger partial charge on any atom is -0.550 e. The van der Waals surface area contributed by atoms with E-state index in [9.17, 15) is 19.5 Å². The van der Waals surface area contributed by atoms with E-state index in [2.05, 4.69) is 13.8 Å². The highest BCUT2D eigenvalue weighted by Crippen LogP contribution is 2.71. The lowest BCUT2D eigenvalue weighted by Crippen LogP contribution is -2.52. The molecule has 2 aliphatic carbocycles. The molecule has 0 radical (unpaired) electrons. The molecule has 0 spiro atoms. The van der Waals surface area contributed by atoms with Crippen molar-refractivity contribution in [3.63, 3.8) is 0 Å². The predicted molar refractivity (Wildman–Crippen MR) is 77.5 cm³/mol. The van der Waals surface area contributed by atoms with E-state index in [1.54, 1.807) is 4.90 Å². The number of likely N-dealkylation sites (tertiary alicyclic amines) is 1. The van der Waals surface area contributed by atoms with Gasteiger partial charge in [0.05, 0.1) is 5.41 Å². The van der Waals surface area contributed by atoms with E-state index in [1.807, 2.05) is 6.92 Å². The average Bonchev–Trinajstić information content (AvgIpc) is 2.77. The van der Waals surface area contributed by atoms with Crippen LogP contribution in [0.1, 0.15) is 52.9 Å². The van der Waals surface area contributed by atoms with Crippen molar-refractivity contribution >= 4 is 17.7 Å². The molecule has 2 saturated carbocycles. The number of hydrogen-bond donors (Lipinski definition) is 0. The van der Waals surface area contributed by atoms with Crippen LogP contribution < -0.4 is 5.11 Å². The second-order valence-electron chi connectivity index (χ2n) is 8.02. The lowest BCUT2D eigenvalue weighted by atomic mass is 9.64. The van der Waals surface area contributed by atoms with Crippen LogP contribution in [0.4, 0.5) is 0 Å². The largest absolute Gasteiger partial charge is 0.550 e. The average molecular weight is 306 g/mol. The van der Waals surface area contributed by atoms with Crippen LogP contribution >= 0.6 is 0 Å². The highest BCUT2D eigenvalue weighted by atomic mass is 16.4. The quantitative estimate of drug-likeness (QED) is 0.754. The van der Waals surface area contributed by atoms with Crippen LogP contribution in [0.2, 0.25) is 0 Å². The van der Waals surface area contributed by atoms with Gasteiger partial charge in [0.1, 0.15) is 5.78 Å². The number of carbonyl (C=O) groups excluding carboxylic acids is 3. The molecule has 0 aromatic rings. The maximum absolute atomic E-state index is 13.2. The molecular formula is C17H24NO4-. The van der Waals surface area contributed by atoms with Gasteiger partial charge in [0.2, 0.25) is 5.91 Å². The summed E-state index contributed by atoms with van der Waals surface area (Å²) in [4.78, 5) is 38.3. The Morgan fingerprint density at radius 3 is 2.14 bits per heavy atom. The Labute approximate surface area is 131 Å². The number of rotatable bonds is 2. The van der Waals surface area contributed by atoms with Gasteiger partial charge in [-0.15, -0.1) is 0 Å². The molecule has 1 heterocycles. The fourth-order valence-corrected chi connectivity index (χ4v) is 4.95. The number of amides is 1. The SMILES string of the molecule is CC1(C)[C@@]2(C(=O)N3CCC(C(=O)[O-])CC3)CC[C@@]1(C)C(=O)C2. The van der Waals surface area contributed by atoms with Crippen molar-refractivity contribution in [1.29, 1.82) is 0 Å². The number of Topliss-reactive ketones (excluding diaryl/α,β-unsaturated/α-hetero) is 1. The van der Waals surface area contributed by atoms with Gasteiger partial charge in [-0.3, -0.25) is 9.59 Å². The molecule has 3 rings (SSSR count). The Bertz CT molecular complexity index is 547. The summed E-state index contributed by atoms with van der Waals surface area (Å²) in [5.74, 6) is -1.20. The molecule has 5 heteroatoms. The molecule has 2 bridgehead atoms. The highest BCUT2D eigenvalue weighted by Gasteiger charge is 2.73. The van der Waals surface area contributed by atoms with E-state index < -0.39 is 22.7 Å². The lowest BCUT2D eigenvalue weighted by molar-refractivity contribution is -0.312. The fraction of sp³-hybridized carbons (Fsp3) is 0.824. The van der Waals surface area contributed by atoms with Crippen LogP contribution in [0.15, 0.2) is 0 Å². The van der Waals surface area contributed by atoms with Gasteiger partial charge in [0.25, 0.3) is 0 Å². The number of carbonyl (C=O) groups is 3. The van der Waals surface area contributed by atoms with Gasteiger partial charge >= 0.3 is 0 Å². The maximum atomic E-state index is 13.2. The number of aliphatic carboxylic acids is 1. The second-order valence-corrected chi connectivity index (χ2v) is 8.02. The minimum absolute atomic E-state index is 0.0591. The Balaban J connectivity index is 1.82. The first kappa shape index (κ1) is 15.5. The normalized spacial score (nSPS) is 37.6. The molecule has 2 atom stereocenters. The number of nitrogens with zero attached hydrogens (tertiary/aromatic N) is 1. The van der Waals surface area contributed by atoms with Gasteiger partial charge < -0.3 is 14.8 Å². The van der Waals surface area contributed by atoms with E-state index >= 15 is 0 Å². The van der Waals surface area contributed by atoms with E-state index in [0.717, 1.165) is 12.8 Å². The van der Waals surface area contributed by atoms with Gasteiger partial charge in [-0.25, -0.2) is 0 Å². The third-order valence-corrected chi connectivity index (χ3v) is 7.23. The molecule has 0 unspecified atom stereocenters. The first-order chi connectivity index (χ1) is 10.2. The van der Waals surface area contributed by atoms with Crippen molar-refractivity contribution in [2.75, 3.05) is 13.1 Å². The number of fused-ring (bicyclic) bond motifs is 2. The molecule has 22 heavy (non-hydrogen) atoms. The van der Waals surface area contributed by atoms with Crippen LogP contribution in [0.25, 0.3) is 0 Å². The van der Waals surface area contributed by atoms with Crippen molar-refractivity contribution in [3.05, 3.63) is 0 Å². The Morgan fingerprint density at radius 1 is 1.14 bits per heavy atom. The molecule has 3 fully saturated rings. The van der Waals surface area contributed by atoms with Crippen molar-refractivity contribution < 1.29 is 19.5 Å². The number of carboxylic acid groups (broad SMARTS) is 1. The summed E-state index contributed by atoms with van der Waals surface area (Å²) >= 11 is 0. The highest BCUT2D eigenvalue weighted by molar-refractivity contribution is 5.99. The standard InChI is InChI=1S/C17H25NO4/c1-15(2)16(3)6-7-17(15,10-12(16)19)14(22)18-8-4-11(5-9-18)13(20)21/h11H,4-10H2,1-3H3,(H,20,21)/p-1/t16-,17-/m0/s1. The van der Waals surface area contributed by atoms with Crippen LogP contribution in [0, 0.1) is 22.2 Å². The maximum Gasteiger partial charge on any atom is 0.229 e. The first-order valence-corrected chi connectivity index (χ1v) is 8.19. The zero-order valence-electron chi connectivity index (χ0n) is 13.6. The Kier molecular flexibility index (Phi) is 3.21. The van der Waals surface area contributed by atoms with Crippen molar-refractivity contribution in [2.24, 2.45) is 22.2 Å². The van der Waals surface area contributed by atoms with E-state index in [1.165, 1.54) is 0 Å². The van der Waals surface area contributed by atoms with Crippen LogP contribution in [0.5, 0.6) is 0 Å².